The molecule has 1 aliphatic carbocycles. The molecule has 6 heteroatoms. The lowest BCUT2D eigenvalue weighted by molar-refractivity contribution is -0.121. The maximum Gasteiger partial charge on any atom is 0.219 e. The van der Waals surface area contributed by atoms with E-state index in [2.05, 4.69) is 5.32 Å². The van der Waals surface area contributed by atoms with Crippen LogP contribution in [0.3, 0.4) is 0 Å². The number of hydrogen-bond donors (Lipinski definition) is 2. The van der Waals surface area contributed by atoms with Crippen LogP contribution < -0.4 is 10.1 Å². The van der Waals surface area contributed by atoms with E-state index >= 15 is 0 Å². The number of aliphatic hydroxyl groups is 1. The summed E-state index contributed by atoms with van der Waals surface area (Å²) >= 11 is 5.91. The lowest BCUT2D eigenvalue weighted by Crippen LogP contribution is -2.16. The Kier molecular flexibility index (Phi) is 9.68. The minimum absolute atomic E-state index is 0.0395. The highest BCUT2D eigenvalue weighted by atomic mass is 35.5. The summed E-state index contributed by atoms with van der Waals surface area (Å²) in [5.74, 6) is 0.643. The highest BCUT2D eigenvalue weighted by Crippen LogP contribution is 2.27. The van der Waals surface area contributed by atoms with Gasteiger partial charge in [0.2, 0.25) is 5.91 Å². The Morgan fingerprint density at radius 1 is 1.41 bits per heavy atom. The fourth-order valence-corrected chi connectivity index (χ4v) is 3.19. The van der Waals surface area contributed by atoms with Crippen LogP contribution >= 0.6 is 11.6 Å². The monoisotopic (exact) mass is 417 g/mol. The molecule has 0 saturated heterocycles. The zero-order chi connectivity index (χ0) is 21.1. The predicted octanol–water partition coefficient (Wildman–Crippen LogP) is 4.01. The van der Waals surface area contributed by atoms with Crippen molar-refractivity contribution in [2.45, 2.75) is 38.2 Å². The Morgan fingerprint density at radius 3 is 3.00 bits per heavy atom. The van der Waals surface area contributed by atoms with Gasteiger partial charge in [0.15, 0.2) is 0 Å². The van der Waals surface area contributed by atoms with Gasteiger partial charge in [0.25, 0.3) is 0 Å². The number of aliphatic hydroxyl groups excluding tert-OH is 1. The highest BCUT2D eigenvalue weighted by Gasteiger charge is 2.24. The lowest BCUT2D eigenvalue weighted by Gasteiger charge is -2.11. The Balaban J connectivity index is 1.77. The van der Waals surface area contributed by atoms with Crippen LogP contribution in [-0.2, 0) is 9.59 Å². The van der Waals surface area contributed by atoms with Crippen LogP contribution in [0, 0.1) is 5.92 Å². The smallest absolute Gasteiger partial charge is 0.219 e. The number of benzene rings is 1. The second kappa shape index (κ2) is 12.2. The number of ether oxygens (including phenoxy) is 1. The second-order valence-corrected chi connectivity index (χ2v) is 7.33. The minimum Gasteiger partial charge on any atom is -0.491 e. The molecule has 1 amide bonds. The van der Waals surface area contributed by atoms with Gasteiger partial charge in [-0.2, -0.15) is 0 Å². The van der Waals surface area contributed by atoms with Crippen LogP contribution in [0.1, 0.15) is 32.1 Å². The molecule has 2 rings (SSSR count). The Morgan fingerprint density at radius 2 is 2.24 bits per heavy atom. The summed E-state index contributed by atoms with van der Waals surface area (Å²) in [6.07, 6.45) is 11.7. The fourth-order valence-electron chi connectivity index (χ4n) is 3.01. The van der Waals surface area contributed by atoms with E-state index in [0.29, 0.717) is 30.0 Å². The van der Waals surface area contributed by atoms with E-state index in [1.54, 1.807) is 43.5 Å². The molecule has 0 unspecified atom stereocenters. The van der Waals surface area contributed by atoms with Crippen molar-refractivity contribution in [3.63, 3.8) is 0 Å². The van der Waals surface area contributed by atoms with E-state index < -0.39 is 6.10 Å². The Hall–Kier alpha value is -2.37. The van der Waals surface area contributed by atoms with Gasteiger partial charge in [-0.15, -0.1) is 0 Å². The third-order valence-corrected chi connectivity index (χ3v) is 4.88. The summed E-state index contributed by atoms with van der Waals surface area (Å²) in [5, 5.41) is 13.3. The fraction of sp³-hybridized carbons (Fsp3) is 0.391. The first-order chi connectivity index (χ1) is 14.0. The van der Waals surface area contributed by atoms with E-state index in [1.807, 2.05) is 18.2 Å². The standard InChI is InChI=1S/C23H28ClNO4/c1-25-23(28)10-5-3-2-4-9-21-17(12-14-22(21)27)11-13-19(26)16-29-20-8-6-7-18(24)15-20/h2,4,6-8,11-13,15,19,21,26H,3,5,9-10,14,16H2,1H3,(H,25,28)/t19-,21-/m1/s1. The topological polar surface area (TPSA) is 75.6 Å². The average molecular weight is 418 g/mol. The summed E-state index contributed by atoms with van der Waals surface area (Å²) in [5.41, 5.74) is 0.923. The summed E-state index contributed by atoms with van der Waals surface area (Å²) in [7, 11) is 1.63. The first-order valence-corrected chi connectivity index (χ1v) is 10.2. The number of carbonyl (C=O) groups is 2. The summed E-state index contributed by atoms with van der Waals surface area (Å²) in [6, 6.07) is 7.00. The number of unbranched alkanes of at least 4 members (excludes halogenated alkanes) is 1. The Labute approximate surface area is 177 Å². The van der Waals surface area contributed by atoms with Crippen molar-refractivity contribution in [3.8, 4) is 5.75 Å². The van der Waals surface area contributed by atoms with Crippen molar-refractivity contribution in [2.75, 3.05) is 13.7 Å². The van der Waals surface area contributed by atoms with Gasteiger partial charge in [-0.25, -0.2) is 0 Å². The molecule has 156 valence electrons. The number of allylic oxidation sites excluding steroid dienone is 5. The lowest BCUT2D eigenvalue weighted by atomic mass is 9.95. The van der Waals surface area contributed by atoms with Crippen LogP contribution in [0.25, 0.3) is 0 Å². The van der Waals surface area contributed by atoms with Crippen molar-refractivity contribution in [1.29, 1.82) is 0 Å². The zero-order valence-corrected chi connectivity index (χ0v) is 17.4. The molecule has 0 aliphatic heterocycles. The van der Waals surface area contributed by atoms with Crippen LogP contribution in [-0.4, -0.2) is 36.6 Å². The number of nitrogens with one attached hydrogen (secondary N) is 1. The molecule has 1 aromatic rings. The van der Waals surface area contributed by atoms with E-state index in [0.717, 1.165) is 18.4 Å². The molecular formula is C23H28ClNO4. The molecule has 5 nitrogen and oxygen atoms in total. The number of carbonyl (C=O) groups excluding carboxylic acids is 2. The normalized spacial score (nSPS) is 17.7. The van der Waals surface area contributed by atoms with Gasteiger partial charge in [0.05, 0.1) is 0 Å². The van der Waals surface area contributed by atoms with E-state index in [4.69, 9.17) is 16.3 Å². The van der Waals surface area contributed by atoms with Crippen LogP contribution in [0.2, 0.25) is 5.02 Å². The Bertz CT molecular complexity index is 785. The molecule has 0 spiro atoms. The average Bonchev–Trinajstić information content (AvgIpc) is 3.06. The molecule has 0 fully saturated rings. The SMILES string of the molecule is CNC(=O)CCCC=CC[C@H]1C(=O)CC=C1C=C[C@@H](O)COc1cccc(Cl)c1. The van der Waals surface area contributed by atoms with Crippen LogP contribution in [0.15, 0.2) is 60.2 Å². The number of rotatable bonds is 11. The minimum atomic E-state index is -0.786. The first kappa shape index (κ1) is 22.9. The third-order valence-electron chi connectivity index (χ3n) is 4.65. The number of ketones is 1. The molecule has 0 saturated carbocycles. The molecule has 0 bridgehead atoms. The maximum absolute atomic E-state index is 12.1. The molecule has 29 heavy (non-hydrogen) atoms. The third kappa shape index (κ3) is 8.26. The van der Waals surface area contributed by atoms with Gasteiger partial charge in [0, 0.05) is 30.8 Å². The van der Waals surface area contributed by atoms with Crippen LogP contribution in [0.5, 0.6) is 5.75 Å². The number of halogens is 1. The summed E-state index contributed by atoms with van der Waals surface area (Å²) in [6.45, 7) is 0.105. The second-order valence-electron chi connectivity index (χ2n) is 6.89. The molecule has 0 radical (unpaired) electrons. The molecule has 1 aromatic carbocycles. The molecule has 2 N–H and O–H groups in total. The van der Waals surface area contributed by atoms with Crippen LogP contribution in [0.4, 0.5) is 0 Å². The number of hydrogen-bond acceptors (Lipinski definition) is 4. The van der Waals surface area contributed by atoms with Crippen molar-refractivity contribution in [1.82, 2.24) is 5.32 Å². The molecular weight excluding hydrogens is 390 g/mol. The van der Waals surface area contributed by atoms with Crippen molar-refractivity contribution < 1.29 is 19.4 Å². The van der Waals surface area contributed by atoms with E-state index in [9.17, 15) is 14.7 Å². The first-order valence-electron chi connectivity index (χ1n) is 9.82. The van der Waals surface area contributed by atoms with Crippen molar-refractivity contribution in [3.05, 3.63) is 65.2 Å². The van der Waals surface area contributed by atoms with Gasteiger partial charge >= 0.3 is 0 Å². The highest BCUT2D eigenvalue weighted by molar-refractivity contribution is 6.30. The van der Waals surface area contributed by atoms with Gasteiger partial charge in [-0.3, -0.25) is 9.59 Å². The zero-order valence-electron chi connectivity index (χ0n) is 16.6. The molecule has 0 aromatic heterocycles. The van der Waals surface area contributed by atoms with E-state index in [-0.39, 0.29) is 24.2 Å². The summed E-state index contributed by atoms with van der Waals surface area (Å²) in [4.78, 5) is 23.3. The number of Topliss-reactive ketones (excluding diaryl/α,β-unsaturated/α-hetero) is 1. The molecule has 2 atom stereocenters. The molecule has 1 aliphatic rings. The van der Waals surface area contributed by atoms with Gasteiger partial charge < -0.3 is 15.2 Å². The molecule has 0 heterocycles. The van der Waals surface area contributed by atoms with E-state index in [1.165, 1.54) is 0 Å². The van der Waals surface area contributed by atoms with Crippen molar-refractivity contribution >= 4 is 23.3 Å². The van der Waals surface area contributed by atoms with Gasteiger partial charge in [0.1, 0.15) is 24.2 Å². The largest absolute Gasteiger partial charge is 0.491 e. The maximum atomic E-state index is 12.1. The summed E-state index contributed by atoms with van der Waals surface area (Å²) < 4.78 is 5.53. The number of amides is 1. The van der Waals surface area contributed by atoms with Gasteiger partial charge in [-0.1, -0.05) is 48.0 Å². The van der Waals surface area contributed by atoms with Crippen molar-refractivity contribution in [2.24, 2.45) is 5.92 Å². The predicted molar refractivity (Wildman–Crippen MR) is 115 cm³/mol. The van der Waals surface area contributed by atoms with Gasteiger partial charge in [-0.05, 0) is 43.0 Å². The quantitative estimate of drug-likeness (QED) is 0.421.